The Bertz CT molecular complexity index is 1230. The van der Waals surface area contributed by atoms with E-state index in [1.807, 2.05) is 36.4 Å². The van der Waals surface area contributed by atoms with Crippen LogP contribution in [0.1, 0.15) is 48.9 Å². The highest BCUT2D eigenvalue weighted by Gasteiger charge is 2.55. The van der Waals surface area contributed by atoms with Gasteiger partial charge < -0.3 is 10.0 Å². The number of hydrogen-bond acceptors (Lipinski definition) is 4. The van der Waals surface area contributed by atoms with Gasteiger partial charge in [-0.1, -0.05) is 87.5 Å². The lowest BCUT2D eigenvalue weighted by atomic mass is 9.62. The van der Waals surface area contributed by atoms with Gasteiger partial charge in [0.1, 0.15) is 5.60 Å². The van der Waals surface area contributed by atoms with Crippen LogP contribution >= 0.6 is 0 Å². The van der Waals surface area contributed by atoms with E-state index in [2.05, 4.69) is 49.6 Å². The van der Waals surface area contributed by atoms with Crippen LogP contribution in [0.15, 0.2) is 83.8 Å². The Hall–Kier alpha value is -2.51. The standard InChI is InChI=1S/C28H34N2O3S/c1-21(2)23-13-15-24(16-14-23)28(31,27(3)19-30(4)20-27)25-10-8-9-22(17-25)18-29-34(32,33)26-11-6-5-7-12-26/h5-17,21,29,31H,18-20H2,1-4H3/t28-/m1/s1. The molecule has 0 saturated carbocycles. The van der Waals surface area contributed by atoms with Crippen molar-refractivity contribution in [3.63, 3.8) is 0 Å². The first-order chi connectivity index (χ1) is 16.0. The normalized spacial score (nSPS) is 17.8. The number of hydrogen-bond donors (Lipinski definition) is 2. The minimum absolute atomic E-state index is 0.143. The summed E-state index contributed by atoms with van der Waals surface area (Å²) in [5, 5.41) is 12.3. The fraction of sp³-hybridized carbons (Fsp3) is 0.357. The highest BCUT2D eigenvalue weighted by atomic mass is 32.2. The molecule has 1 aliphatic heterocycles. The Labute approximate surface area is 203 Å². The molecule has 34 heavy (non-hydrogen) atoms. The average molecular weight is 479 g/mol. The van der Waals surface area contributed by atoms with Crippen LogP contribution in [0.5, 0.6) is 0 Å². The maximum absolute atomic E-state index is 12.7. The molecule has 3 aromatic carbocycles. The predicted octanol–water partition coefficient (Wildman–Crippen LogP) is 4.48. The number of likely N-dealkylation sites (tertiary alicyclic amines) is 1. The molecule has 0 amide bonds. The highest BCUT2D eigenvalue weighted by molar-refractivity contribution is 7.89. The fourth-order valence-electron chi connectivity index (χ4n) is 5.11. The third-order valence-corrected chi connectivity index (χ3v) is 8.39. The van der Waals surface area contributed by atoms with Gasteiger partial charge in [-0.25, -0.2) is 13.1 Å². The second-order valence-electron chi connectivity index (χ2n) is 10.1. The minimum atomic E-state index is -3.62. The van der Waals surface area contributed by atoms with Crippen molar-refractivity contribution in [3.05, 3.63) is 101 Å². The molecule has 1 saturated heterocycles. The van der Waals surface area contributed by atoms with Crippen LogP contribution in [-0.4, -0.2) is 38.6 Å². The third kappa shape index (κ3) is 4.56. The summed E-state index contributed by atoms with van der Waals surface area (Å²) >= 11 is 0. The molecule has 4 rings (SSSR count). The molecule has 0 radical (unpaired) electrons. The van der Waals surface area contributed by atoms with E-state index in [1.54, 1.807) is 30.3 Å². The average Bonchev–Trinajstić information content (AvgIpc) is 2.82. The molecule has 3 aromatic rings. The smallest absolute Gasteiger partial charge is 0.240 e. The Kier molecular flexibility index (Phi) is 6.71. The Morgan fingerprint density at radius 1 is 0.971 bits per heavy atom. The SMILES string of the molecule is CC(C)c1ccc([C@@](O)(c2cccc(CNS(=O)(=O)c3ccccc3)c2)C2(C)CN(C)C2)cc1. The molecule has 0 aliphatic carbocycles. The largest absolute Gasteiger partial charge is 0.380 e. The lowest BCUT2D eigenvalue weighted by Gasteiger charge is -2.56. The molecule has 0 spiro atoms. The summed E-state index contributed by atoms with van der Waals surface area (Å²) in [6.07, 6.45) is 0. The van der Waals surface area contributed by atoms with Gasteiger partial charge >= 0.3 is 0 Å². The van der Waals surface area contributed by atoms with E-state index in [0.29, 0.717) is 5.92 Å². The van der Waals surface area contributed by atoms with Crippen molar-refractivity contribution in [2.24, 2.45) is 5.41 Å². The van der Waals surface area contributed by atoms with Gasteiger partial charge in [0.25, 0.3) is 0 Å². The Morgan fingerprint density at radius 3 is 2.21 bits per heavy atom. The summed E-state index contributed by atoms with van der Waals surface area (Å²) in [4.78, 5) is 2.43. The number of sulfonamides is 1. The van der Waals surface area contributed by atoms with E-state index >= 15 is 0 Å². The molecule has 0 aromatic heterocycles. The van der Waals surface area contributed by atoms with Crippen LogP contribution in [0.4, 0.5) is 0 Å². The summed E-state index contributed by atoms with van der Waals surface area (Å²) < 4.78 is 28.0. The molecule has 1 fully saturated rings. The summed E-state index contributed by atoms with van der Waals surface area (Å²) in [5.74, 6) is 0.411. The maximum atomic E-state index is 12.7. The summed E-state index contributed by atoms with van der Waals surface area (Å²) in [7, 11) is -1.57. The fourth-order valence-corrected chi connectivity index (χ4v) is 6.15. The first-order valence-electron chi connectivity index (χ1n) is 11.7. The van der Waals surface area contributed by atoms with Gasteiger partial charge in [0.2, 0.25) is 10.0 Å². The first-order valence-corrected chi connectivity index (χ1v) is 13.2. The Balaban J connectivity index is 1.67. The topological polar surface area (TPSA) is 69.6 Å². The van der Waals surface area contributed by atoms with Gasteiger partial charge in [0.15, 0.2) is 0 Å². The summed E-state index contributed by atoms with van der Waals surface area (Å²) in [6, 6.07) is 24.2. The van der Waals surface area contributed by atoms with Crippen LogP contribution < -0.4 is 4.72 Å². The molecule has 0 bridgehead atoms. The molecule has 1 atom stereocenters. The van der Waals surface area contributed by atoms with Crippen molar-refractivity contribution in [1.82, 2.24) is 9.62 Å². The Morgan fingerprint density at radius 2 is 1.62 bits per heavy atom. The minimum Gasteiger partial charge on any atom is -0.380 e. The van der Waals surface area contributed by atoms with Crippen LogP contribution in [-0.2, 0) is 22.2 Å². The van der Waals surface area contributed by atoms with Gasteiger partial charge in [-0.2, -0.15) is 0 Å². The van der Waals surface area contributed by atoms with Gasteiger partial charge in [-0.3, -0.25) is 0 Å². The van der Waals surface area contributed by atoms with Crippen molar-refractivity contribution in [2.45, 2.75) is 43.7 Å². The van der Waals surface area contributed by atoms with E-state index < -0.39 is 15.6 Å². The predicted molar refractivity (Wildman–Crippen MR) is 136 cm³/mol. The van der Waals surface area contributed by atoms with Crippen LogP contribution in [0.2, 0.25) is 0 Å². The second-order valence-corrected chi connectivity index (χ2v) is 11.8. The second kappa shape index (κ2) is 9.27. The van der Waals surface area contributed by atoms with Gasteiger partial charge in [-0.05, 0) is 47.4 Å². The number of rotatable bonds is 8. The summed E-state index contributed by atoms with van der Waals surface area (Å²) in [6.45, 7) is 8.10. The van der Waals surface area contributed by atoms with Crippen LogP contribution in [0, 0.1) is 5.41 Å². The zero-order valence-corrected chi connectivity index (χ0v) is 21.1. The zero-order valence-electron chi connectivity index (χ0n) is 20.3. The van der Waals surface area contributed by atoms with Gasteiger partial charge in [0, 0.05) is 25.0 Å². The molecule has 180 valence electrons. The number of nitrogens with zero attached hydrogens (tertiary/aromatic N) is 1. The quantitative estimate of drug-likeness (QED) is 0.501. The van der Waals surface area contributed by atoms with Crippen molar-refractivity contribution in [1.29, 1.82) is 0 Å². The van der Waals surface area contributed by atoms with E-state index in [9.17, 15) is 13.5 Å². The molecule has 1 aliphatic rings. The first kappa shape index (κ1) is 24.6. The molecule has 5 nitrogen and oxygen atoms in total. The van der Waals surface area contributed by atoms with Gasteiger partial charge in [-0.15, -0.1) is 0 Å². The maximum Gasteiger partial charge on any atom is 0.240 e. The van der Waals surface area contributed by atoms with Crippen LogP contribution in [0.25, 0.3) is 0 Å². The van der Waals surface area contributed by atoms with Gasteiger partial charge in [0.05, 0.1) is 4.90 Å². The number of aliphatic hydroxyl groups is 1. The monoisotopic (exact) mass is 478 g/mol. The lowest BCUT2D eigenvalue weighted by molar-refractivity contribution is -0.127. The number of nitrogens with one attached hydrogen (secondary N) is 1. The molecular formula is C28H34N2O3S. The van der Waals surface area contributed by atoms with Crippen molar-refractivity contribution in [2.75, 3.05) is 20.1 Å². The molecule has 6 heteroatoms. The van der Waals surface area contributed by atoms with E-state index in [4.69, 9.17) is 0 Å². The van der Waals surface area contributed by atoms with Crippen molar-refractivity contribution in [3.8, 4) is 0 Å². The summed E-state index contributed by atoms with van der Waals surface area (Å²) in [5.41, 5.74) is 2.08. The highest BCUT2D eigenvalue weighted by Crippen LogP contribution is 2.50. The molecule has 2 N–H and O–H groups in total. The third-order valence-electron chi connectivity index (χ3n) is 6.97. The van der Waals surface area contributed by atoms with E-state index in [0.717, 1.165) is 29.8 Å². The van der Waals surface area contributed by atoms with E-state index in [1.165, 1.54) is 5.56 Å². The molecule has 1 heterocycles. The molecular weight excluding hydrogens is 444 g/mol. The van der Waals surface area contributed by atoms with Crippen molar-refractivity contribution < 1.29 is 13.5 Å². The van der Waals surface area contributed by atoms with Crippen LogP contribution in [0.3, 0.4) is 0 Å². The zero-order chi connectivity index (χ0) is 24.6. The number of benzene rings is 3. The molecule has 0 unspecified atom stereocenters. The van der Waals surface area contributed by atoms with E-state index in [-0.39, 0.29) is 16.9 Å². The lowest BCUT2D eigenvalue weighted by Crippen LogP contribution is -2.63. The van der Waals surface area contributed by atoms with Crippen molar-refractivity contribution >= 4 is 10.0 Å².